The number of hydrogen-bond acceptors (Lipinski definition) is 4. The largest absolute Gasteiger partial charge is 0.351 e. The van der Waals surface area contributed by atoms with Gasteiger partial charge in [0.1, 0.15) is 5.69 Å². The highest BCUT2D eigenvalue weighted by Gasteiger charge is 2.10. The van der Waals surface area contributed by atoms with E-state index in [2.05, 4.69) is 48.5 Å². The first-order valence-corrected chi connectivity index (χ1v) is 8.06. The maximum Gasteiger partial charge on any atom is 0.270 e. The fourth-order valence-electron chi connectivity index (χ4n) is 1.97. The van der Waals surface area contributed by atoms with Crippen LogP contribution in [0.5, 0.6) is 0 Å². The molecule has 4 nitrogen and oxygen atoms in total. The standard InChI is InChI=1S/C16H21N3OS/c1-4-5-8-17-15(20)14-10-21-16(19-14)18-13-7-6-11(2)9-12(13)3/h6-7,9-10H,4-5,8H2,1-3H3,(H,17,20)(H,18,19). The molecule has 1 amide bonds. The van der Waals surface area contributed by atoms with Crippen LogP contribution >= 0.6 is 11.3 Å². The Labute approximate surface area is 129 Å². The average Bonchev–Trinajstić information content (AvgIpc) is 2.91. The lowest BCUT2D eigenvalue weighted by Crippen LogP contribution is -2.24. The van der Waals surface area contributed by atoms with Gasteiger partial charge >= 0.3 is 0 Å². The van der Waals surface area contributed by atoms with E-state index in [4.69, 9.17) is 0 Å². The van der Waals surface area contributed by atoms with E-state index >= 15 is 0 Å². The molecule has 5 heteroatoms. The minimum atomic E-state index is -0.103. The first-order chi connectivity index (χ1) is 10.1. The lowest BCUT2D eigenvalue weighted by Gasteiger charge is -2.07. The molecule has 0 saturated heterocycles. The first kappa shape index (κ1) is 15.5. The van der Waals surface area contributed by atoms with Gasteiger partial charge in [0, 0.05) is 17.6 Å². The van der Waals surface area contributed by atoms with Gasteiger partial charge in [0.2, 0.25) is 0 Å². The Morgan fingerprint density at radius 1 is 1.33 bits per heavy atom. The third kappa shape index (κ3) is 4.29. The van der Waals surface area contributed by atoms with Crippen LogP contribution in [0, 0.1) is 13.8 Å². The fourth-order valence-corrected chi connectivity index (χ4v) is 2.68. The molecule has 2 aromatic rings. The van der Waals surface area contributed by atoms with Crippen molar-refractivity contribution in [3.8, 4) is 0 Å². The first-order valence-electron chi connectivity index (χ1n) is 7.18. The third-order valence-electron chi connectivity index (χ3n) is 3.18. The molecule has 1 aromatic heterocycles. The number of carbonyl (C=O) groups excluding carboxylic acids is 1. The van der Waals surface area contributed by atoms with Gasteiger partial charge in [-0.05, 0) is 31.9 Å². The van der Waals surface area contributed by atoms with E-state index in [1.165, 1.54) is 22.5 Å². The topological polar surface area (TPSA) is 54.0 Å². The van der Waals surface area contributed by atoms with Crippen molar-refractivity contribution in [3.05, 3.63) is 40.4 Å². The Morgan fingerprint density at radius 3 is 2.86 bits per heavy atom. The number of carbonyl (C=O) groups is 1. The molecular formula is C16H21N3OS. The summed E-state index contributed by atoms with van der Waals surface area (Å²) in [5.41, 5.74) is 3.89. The molecule has 0 saturated carbocycles. The van der Waals surface area contributed by atoms with Crippen molar-refractivity contribution in [3.63, 3.8) is 0 Å². The van der Waals surface area contributed by atoms with E-state index in [0.717, 1.165) is 23.7 Å². The summed E-state index contributed by atoms with van der Waals surface area (Å²) in [6.07, 6.45) is 2.06. The van der Waals surface area contributed by atoms with Crippen molar-refractivity contribution in [2.75, 3.05) is 11.9 Å². The molecule has 0 unspecified atom stereocenters. The van der Waals surface area contributed by atoms with Gasteiger partial charge in [-0.2, -0.15) is 0 Å². The van der Waals surface area contributed by atoms with Crippen molar-refractivity contribution < 1.29 is 4.79 Å². The summed E-state index contributed by atoms with van der Waals surface area (Å²) in [4.78, 5) is 16.2. The summed E-state index contributed by atoms with van der Waals surface area (Å²) in [6, 6.07) is 6.21. The molecule has 2 rings (SSSR count). The lowest BCUT2D eigenvalue weighted by molar-refractivity contribution is 0.0949. The number of anilines is 2. The second-order valence-corrected chi connectivity index (χ2v) is 5.95. The number of nitrogens with zero attached hydrogens (tertiary/aromatic N) is 1. The average molecular weight is 303 g/mol. The van der Waals surface area contributed by atoms with E-state index in [9.17, 15) is 4.79 Å². The summed E-state index contributed by atoms with van der Waals surface area (Å²) < 4.78 is 0. The van der Waals surface area contributed by atoms with E-state index in [1.807, 2.05) is 6.07 Å². The number of thiazole rings is 1. The van der Waals surface area contributed by atoms with E-state index in [-0.39, 0.29) is 5.91 Å². The number of aromatic nitrogens is 1. The van der Waals surface area contributed by atoms with Gasteiger partial charge in [0.25, 0.3) is 5.91 Å². The van der Waals surface area contributed by atoms with Crippen LogP contribution in [-0.4, -0.2) is 17.4 Å². The molecule has 112 valence electrons. The van der Waals surface area contributed by atoms with Crippen LogP contribution < -0.4 is 10.6 Å². The zero-order valence-corrected chi connectivity index (χ0v) is 13.5. The van der Waals surface area contributed by atoms with Crippen LogP contribution in [0.1, 0.15) is 41.4 Å². The Morgan fingerprint density at radius 2 is 2.14 bits per heavy atom. The van der Waals surface area contributed by atoms with Crippen molar-refractivity contribution in [1.29, 1.82) is 0 Å². The lowest BCUT2D eigenvalue weighted by atomic mass is 10.1. The highest BCUT2D eigenvalue weighted by atomic mass is 32.1. The molecule has 0 aliphatic rings. The number of nitrogens with one attached hydrogen (secondary N) is 2. The number of hydrogen-bond donors (Lipinski definition) is 2. The molecule has 0 aliphatic heterocycles. The molecule has 0 atom stereocenters. The monoisotopic (exact) mass is 303 g/mol. The van der Waals surface area contributed by atoms with Crippen LogP contribution in [-0.2, 0) is 0 Å². The molecule has 0 spiro atoms. The Bertz CT molecular complexity index is 622. The van der Waals surface area contributed by atoms with Gasteiger partial charge in [-0.15, -0.1) is 11.3 Å². The molecular weight excluding hydrogens is 282 g/mol. The SMILES string of the molecule is CCCCNC(=O)c1csc(Nc2ccc(C)cc2C)n1. The molecule has 0 fully saturated rings. The van der Waals surface area contributed by atoms with Gasteiger partial charge in [0.05, 0.1) is 0 Å². The third-order valence-corrected chi connectivity index (χ3v) is 3.93. The summed E-state index contributed by atoms with van der Waals surface area (Å²) in [7, 11) is 0. The van der Waals surface area contributed by atoms with Crippen LogP contribution in [0.2, 0.25) is 0 Å². The van der Waals surface area contributed by atoms with Gasteiger partial charge in [0.15, 0.2) is 5.13 Å². The Kier molecular flexibility index (Phi) is 5.33. The summed E-state index contributed by atoms with van der Waals surface area (Å²) in [5.74, 6) is -0.103. The predicted molar refractivity (Wildman–Crippen MR) is 88.6 cm³/mol. The normalized spacial score (nSPS) is 10.4. The summed E-state index contributed by atoms with van der Waals surface area (Å²) in [5, 5.41) is 8.67. The van der Waals surface area contributed by atoms with Crippen molar-refractivity contribution in [2.45, 2.75) is 33.6 Å². The fraction of sp³-hybridized carbons (Fsp3) is 0.375. The highest BCUT2D eigenvalue weighted by Crippen LogP contribution is 2.24. The van der Waals surface area contributed by atoms with Crippen molar-refractivity contribution in [1.82, 2.24) is 10.3 Å². The highest BCUT2D eigenvalue weighted by molar-refractivity contribution is 7.14. The Hall–Kier alpha value is -1.88. The van der Waals surface area contributed by atoms with Gasteiger partial charge in [-0.1, -0.05) is 31.0 Å². The van der Waals surface area contributed by atoms with Gasteiger partial charge in [-0.25, -0.2) is 4.98 Å². The van der Waals surface area contributed by atoms with E-state index in [1.54, 1.807) is 5.38 Å². The zero-order valence-electron chi connectivity index (χ0n) is 12.7. The van der Waals surface area contributed by atoms with Crippen molar-refractivity contribution >= 4 is 28.1 Å². The minimum absolute atomic E-state index is 0.103. The van der Waals surface area contributed by atoms with E-state index < -0.39 is 0 Å². The molecule has 0 aliphatic carbocycles. The molecule has 0 radical (unpaired) electrons. The second-order valence-electron chi connectivity index (χ2n) is 5.09. The zero-order chi connectivity index (χ0) is 15.2. The van der Waals surface area contributed by atoms with Crippen LogP contribution in [0.25, 0.3) is 0 Å². The number of rotatable bonds is 6. The van der Waals surface area contributed by atoms with Crippen LogP contribution in [0.3, 0.4) is 0 Å². The molecule has 0 bridgehead atoms. The van der Waals surface area contributed by atoms with Crippen molar-refractivity contribution in [2.24, 2.45) is 0 Å². The second kappa shape index (κ2) is 7.22. The Balaban J connectivity index is 2.01. The quantitative estimate of drug-likeness (QED) is 0.792. The number of amides is 1. The predicted octanol–water partition coefficient (Wildman–Crippen LogP) is 4.03. The maximum atomic E-state index is 11.9. The molecule has 21 heavy (non-hydrogen) atoms. The number of benzene rings is 1. The summed E-state index contributed by atoms with van der Waals surface area (Å²) in [6.45, 7) is 6.92. The number of aryl methyl sites for hydroxylation is 2. The smallest absolute Gasteiger partial charge is 0.270 e. The molecule has 2 N–H and O–H groups in total. The molecule has 1 aromatic carbocycles. The summed E-state index contributed by atoms with van der Waals surface area (Å²) >= 11 is 1.44. The van der Waals surface area contributed by atoms with Crippen LogP contribution in [0.15, 0.2) is 23.6 Å². The van der Waals surface area contributed by atoms with Gasteiger partial charge in [-0.3, -0.25) is 4.79 Å². The maximum absolute atomic E-state index is 11.9. The van der Waals surface area contributed by atoms with E-state index in [0.29, 0.717) is 12.2 Å². The minimum Gasteiger partial charge on any atom is -0.351 e. The van der Waals surface area contributed by atoms with Gasteiger partial charge < -0.3 is 10.6 Å². The molecule has 1 heterocycles. The number of unbranched alkanes of at least 4 members (excludes halogenated alkanes) is 1. The van der Waals surface area contributed by atoms with Crippen LogP contribution in [0.4, 0.5) is 10.8 Å².